The van der Waals surface area contributed by atoms with E-state index in [2.05, 4.69) is 38.0 Å². The van der Waals surface area contributed by atoms with Crippen molar-refractivity contribution in [1.82, 2.24) is 39.6 Å². The highest BCUT2D eigenvalue weighted by Crippen LogP contribution is 2.32. The number of amides is 2. The van der Waals surface area contributed by atoms with Gasteiger partial charge in [0.1, 0.15) is 36.3 Å². The standard InChI is InChI=1S/C26H33F6N9O2/c1-14(2)41-18(8-9-34-41)24(42)36-21(16-6-4-15(3)5-7-16)25(43)35-17-11-40(38-22(17)29)19(10-20(27)28)23-37-33-13-39(23)12-26(30,31)32/h8-9,11,13-16,19-21H,4-7,10,12H2,1-3H3,(H,35,43)(H,36,42)/t15?,16?,19-,21-/m0/s1. The summed E-state index contributed by atoms with van der Waals surface area (Å²) in [5.41, 5.74) is -0.268. The fourth-order valence-corrected chi connectivity index (χ4v) is 5.30. The van der Waals surface area contributed by atoms with Crippen LogP contribution in [-0.4, -0.2) is 64.8 Å². The number of aromatic nitrogens is 7. The number of anilines is 1. The summed E-state index contributed by atoms with van der Waals surface area (Å²) in [6, 6.07) is -1.33. The van der Waals surface area contributed by atoms with Crippen molar-refractivity contribution < 1.29 is 35.9 Å². The van der Waals surface area contributed by atoms with E-state index in [1.807, 2.05) is 13.8 Å². The lowest BCUT2D eigenvalue weighted by Gasteiger charge is -2.32. The van der Waals surface area contributed by atoms with Gasteiger partial charge in [-0.1, -0.05) is 19.8 Å². The van der Waals surface area contributed by atoms with Crippen LogP contribution in [-0.2, 0) is 11.3 Å². The van der Waals surface area contributed by atoms with E-state index in [1.54, 1.807) is 0 Å². The maximum atomic E-state index is 15.0. The molecule has 236 valence electrons. The quantitative estimate of drug-likeness (QED) is 0.299. The Morgan fingerprint density at radius 3 is 2.47 bits per heavy atom. The van der Waals surface area contributed by atoms with Crippen molar-refractivity contribution in [3.8, 4) is 0 Å². The van der Waals surface area contributed by atoms with Gasteiger partial charge in [-0.2, -0.15) is 22.7 Å². The van der Waals surface area contributed by atoms with Gasteiger partial charge in [-0.3, -0.25) is 19.0 Å². The number of halogens is 6. The van der Waals surface area contributed by atoms with Crippen LogP contribution < -0.4 is 10.6 Å². The molecule has 3 aromatic heterocycles. The topological polar surface area (TPSA) is 125 Å². The van der Waals surface area contributed by atoms with Gasteiger partial charge < -0.3 is 15.2 Å². The number of carbonyl (C=O) groups is 2. The first-order valence-electron chi connectivity index (χ1n) is 13.9. The van der Waals surface area contributed by atoms with Crippen molar-refractivity contribution in [2.45, 2.75) is 90.1 Å². The summed E-state index contributed by atoms with van der Waals surface area (Å²) in [5.74, 6) is -2.92. The number of hydrogen-bond acceptors (Lipinski definition) is 6. The summed E-state index contributed by atoms with van der Waals surface area (Å²) in [6.07, 6.45) is -2.80. The third-order valence-electron chi connectivity index (χ3n) is 7.45. The molecule has 0 bridgehead atoms. The molecule has 1 aliphatic carbocycles. The molecule has 11 nitrogen and oxygen atoms in total. The Labute approximate surface area is 243 Å². The third kappa shape index (κ3) is 7.93. The van der Waals surface area contributed by atoms with Gasteiger partial charge in [0.05, 0.1) is 6.20 Å². The number of nitrogens with one attached hydrogen (secondary N) is 2. The van der Waals surface area contributed by atoms with Crippen molar-refractivity contribution >= 4 is 17.5 Å². The van der Waals surface area contributed by atoms with Gasteiger partial charge in [-0.05, 0) is 44.6 Å². The molecule has 0 aromatic carbocycles. The van der Waals surface area contributed by atoms with Gasteiger partial charge in [0.25, 0.3) is 11.9 Å². The Morgan fingerprint density at radius 2 is 1.84 bits per heavy atom. The van der Waals surface area contributed by atoms with E-state index in [9.17, 15) is 31.5 Å². The molecule has 1 saturated carbocycles. The summed E-state index contributed by atoms with van der Waals surface area (Å²) in [4.78, 5) is 26.8. The molecular formula is C26H33F6N9O2. The average molecular weight is 618 g/mol. The van der Waals surface area contributed by atoms with E-state index < -0.39 is 66.9 Å². The Kier molecular flexibility index (Phi) is 9.79. The largest absolute Gasteiger partial charge is 0.406 e. The molecule has 0 aliphatic heterocycles. The Bertz CT molecular complexity index is 1390. The molecule has 43 heavy (non-hydrogen) atoms. The predicted octanol–water partition coefficient (Wildman–Crippen LogP) is 4.76. The smallest absolute Gasteiger partial charge is 0.339 e. The zero-order valence-electron chi connectivity index (χ0n) is 23.7. The first kappa shape index (κ1) is 32.0. The summed E-state index contributed by atoms with van der Waals surface area (Å²) >= 11 is 0. The molecule has 17 heteroatoms. The molecule has 2 atom stereocenters. The van der Waals surface area contributed by atoms with Crippen LogP contribution in [0.1, 0.15) is 81.3 Å². The Morgan fingerprint density at radius 1 is 1.14 bits per heavy atom. The van der Waals surface area contributed by atoms with Crippen molar-refractivity contribution in [1.29, 1.82) is 0 Å². The lowest BCUT2D eigenvalue weighted by Crippen LogP contribution is -2.49. The molecule has 1 fully saturated rings. The number of rotatable bonds is 11. The highest BCUT2D eigenvalue weighted by molar-refractivity contribution is 6.00. The maximum Gasteiger partial charge on any atom is 0.406 e. The second kappa shape index (κ2) is 13.2. The summed E-state index contributed by atoms with van der Waals surface area (Å²) in [5, 5.41) is 19.8. The molecule has 2 N–H and O–H groups in total. The first-order chi connectivity index (χ1) is 20.2. The van der Waals surface area contributed by atoms with Gasteiger partial charge in [-0.15, -0.1) is 15.3 Å². The number of carbonyl (C=O) groups excluding carboxylic acids is 2. The van der Waals surface area contributed by atoms with Gasteiger partial charge in [0.2, 0.25) is 12.3 Å². The molecule has 0 saturated heterocycles. The fraction of sp³-hybridized carbons (Fsp3) is 0.615. The highest BCUT2D eigenvalue weighted by Gasteiger charge is 2.36. The second-order valence-corrected chi connectivity index (χ2v) is 11.1. The molecule has 0 radical (unpaired) electrons. The van der Waals surface area contributed by atoms with Gasteiger partial charge in [0.15, 0.2) is 5.82 Å². The minimum Gasteiger partial charge on any atom is -0.339 e. The maximum absolute atomic E-state index is 15.0. The minimum absolute atomic E-state index is 0.137. The Balaban J connectivity index is 1.60. The van der Waals surface area contributed by atoms with Gasteiger partial charge in [0, 0.05) is 18.7 Å². The monoisotopic (exact) mass is 617 g/mol. The van der Waals surface area contributed by atoms with E-state index in [0.717, 1.165) is 25.4 Å². The lowest BCUT2D eigenvalue weighted by atomic mass is 9.79. The molecule has 0 spiro atoms. The van der Waals surface area contributed by atoms with Crippen LogP contribution in [0.25, 0.3) is 0 Å². The number of alkyl halides is 5. The van der Waals surface area contributed by atoms with Crippen LogP contribution in [0.4, 0.5) is 32.0 Å². The van der Waals surface area contributed by atoms with Gasteiger partial charge >= 0.3 is 6.18 Å². The van der Waals surface area contributed by atoms with Crippen LogP contribution in [0.2, 0.25) is 0 Å². The third-order valence-corrected chi connectivity index (χ3v) is 7.45. The normalized spacial score (nSPS) is 19.0. The average Bonchev–Trinajstić information content (AvgIpc) is 3.66. The predicted molar refractivity (Wildman–Crippen MR) is 141 cm³/mol. The van der Waals surface area contributed by atoms with E-state index in [4.69, 9.17) is 0 Å². The van der Waals surface area contributed by atoms with Crippen LogP contribution >= 0.6 is 0 Å². The van der Waals surface area contributed by atoms with Crippen LogP contribution in [0.5, 0.6) is 0 Å². The SMILES string of the molecule is CC1CCC([C@H](NC(=O)c2ccnn2C(C)C)C(=O)Nc2cn([C@@H](CC(F)F)c3nncn3CC(F)(F)F)nc2F)CC1. The molecule has 0 unspecified atom stereocenters. The highest BCUT2D eigenvalue weighted by atomic mass is 19.4. The van der Waals surface area contributed by atoms with Gasteiger partial charge in [-0.25, -0.2) is 8.78 Å². The molecule has 2 amide bonds. The number of nitrogens with zero attached hydrogens (tertiary/aromatic N) is 7. The van der Waals surface area contributed by atoms with E-state index in [-0.39, 0.29) is 17.7 Å². The van der Waals surface area contributed by atoms with Crippen molar-refractivity contribution in [3.05, 3.63) is 42.3 Å². The zero-order valence-corrected chi connectivity index (χ0v) is 23.7. The molecule has 4 rings (SSSR count). The zero-order chi connectivity index (χ0) is 31.5. The minimum atomic E-state index is -4.70. The van der Waals surface area contributed by atoms with E-state index >= 15 is 4.39 Å². The van der Waals surface area contributed by atoms with E-state index in [1.165, 1.54) is 16.9 Å². The molecule has 1 aliphatic rings. The molecule has 3 aromatic rings. The lowest BCUT2D eigenvalue weighted by molar-refractivity contribution is -0.141. The van der Waals surface area contributed by atoms with Crippen LogP contribution in [0.3, 0.4) is 0 Å². The number of hydrogen-bond donors (Lipinski definition) is 2. The van der Waals surface area contributed by atoms with Crippen molar-refractivity contribution in [2.24, 2.45) is 11.8 Å². The summed E-state index contributed by atoms with van der Waals surface area (Å²) in [7, 11) is 0. The van der Waals surface area contributed by atoms with Crippen molar-refractivity contribution in [2.75, 3.05) is 5.32 Å². The van der Waals surface area contributed by atoms with Crippen molar-refractivity contribution in [3.63, 3.8) is 0 Å². The molecule has 3 heterocycles. The second-order valence-electron chi connectivity index (χ2n) is 11.1. The molecular weight excluding hydrogens is 584 g/mol. The summed E-state index contributed by atoms with van der Waals surface area (Å²) < 4.78 is 83.8. The summed E-state index contributed by atoms with van der Waals surface area (Å²) in [6.45, 7) is 4.20. The van der Waals surface area contributed by atoms with Crippen LogP contribution in [0, 0.1) is 17.8 Å². The van der Waals surface area contributed by atoms with Crippen LogP contribution in [0.15, 0.2) is 24.8 Å². The van der Waals surface area contributed by atoms with E-state index in [0.29, 0.717) is 28.0 Å². The Hall–Kier alpha value is -3.92. The first-order valence-corrected chi connectivity index (χ1v) is 13.9. The fourth-order valence-electron chi connectivity index (χ4n) is 5.30.